The molecule has 2 aromatic rings. The largest absolute Gasteiger partial charge is 0.471 e. The zero-order valence-corrected chi connectivity index (χ0v) is 26.6. The lowest BCUT2D eigenvalue weighted by molar-refractivity contribution is -0.176. The molecule has 4 rings (SSSR count). The molecule has 6 atom stereocenters. The molecule has 0 aromatic carbocycles. The molecular formula is C28H33F3N6O4SSi. The van der Waals surface area contributed by atoms with Gasteiger partial charge in [-0.2, -0.15) is 28.6 Å². The van der Waals surface area contributed by atoms with Gasteiger partial charge in [0, 0.05) is 30.0 Å². The summed E-state index contributed by atoms with van der Waals surface area (Å²) in [4.78, 5) is 40.5. The average Bonchev–Trinajstić information content (AvgIpc) is 3.29. The molecule has 3 heterocycles. The monoisotopic (exact) mass is 634 g/mol. The summed E-state index contributed by atoms with van der Waals surface area (Å²) >= 11 is 1.39. The Morgan fingerprint density at radius 3 is 2.51 bits per heavy atom. The second-order valence-electron chi connectivity index (χ2n) is 12.5. The van der Waals surface area contributed by atoms with Crippen LogP contribution in [0.2, 0.25) is 19.6 Å². The van der Waals surface area contributed by atoms with Crippen LogP contribution in [0.15, 0.2) is 11.6 Å². The fraction of sp³-hybridized carbons (Fsp3) is 0.571. The van der Waals surface area contributed by atoms with Gasteiger partial charge in [0.15, 0.2) is 6.04 Å². The molecule has 10 nitrogen and oxygen atoms in total. The molecule has 2 aromatic heterocycles. The highest BCUT2D eigenvalue weighted by molar-refractivity contribution is 7.17. The standard InChI is InChI=1S/C28H33F3N6O4SSi/c1-14(41-4)21(35-26(40)28(29,30)31)25(39)37-12-16-20(27(16,2)3)23(37)24(38)34-17(10-32)22-19-15(8-9-43(5,6)7)13-42-18(19)11-33-36-22/h11,13-14,16-17,20-21,23H,12H2,1-7H3,(H,34,38)(H,35,40)/t14-,16+,17?,20+,21+,23+/m1/s1. The minimum absolute atomic E-state index is 0.0942. The maximum Gasteiger partial charge on any atom is 0.471 e. The van der Waals surface area contributed by atoms with E-state index in [1.54, 1.807) is 11.5 Å². The van der Waals surface area contributed by atoms with E-state index in [1.807, 2.05) is 19.2 Å². The lowest BCUT2D eigenvalue weighted by Gasteiger charge is -2.34. The number of hydrogen-bond acceptors (Lipinski definition) is 8. The molecule has 43 heavy (non-hydrogen) atoms. The van der Waals surface area contributed by atoms with Crippen LogP contribution in [0.5, 0.6) is 0 Å². The minimum Gasteiger partial charge on any atom is -0.379 e. The van der Waals surface area contributed by atoms with Gasteiger partial charge in [0.25, 0.3) is 0 Å². The van der Waals surface area contributed by atoms with E-state index in [1.165, 1.54) is 30.3 Å². The van der Waals surface area contributed by atoms with Crippen LogP contribution in [0.4, 0.5) is 13.2 Å². The third-order valence-electron chi connectivity index (χ3n) is 8.09. The zero-order chi connectivity index (χ0) is 32.1. The summed E-state index contributed by atoms with van der Waals surface area (Å²) in [6.07, 6.45) is -4.79. The lowest BCUT2D eigenvalue weighted by Crippen LogP contribution is -2.60. The van der Waals surface area contributed by atoms with E-state index >= 15 is 0 Å². The van der Waals surface area contributed by atoms with Crippen molar-refractivity contribution in [1.82, 2.24) is 25.7 Å². The number of nitrogens with zero attached hydrogens (tertiary/aromatic N) is 4. The number of aromatic nitrogens is 2. The Hall–Kier alpha value is -3.53. The number of rotatable bonds is 7. The molecule has 2 aliphatic rings. The van der Waals surface area contributed by atoms with Crippen LogP contribution in [0.1, 0.15) is 38.1 Å². The predicted molar refractivity (Wildman–Crippen MR) is 155 cm³/mol. The average molecular weight is 635 g/mol. The summed E-state index contributed by atoms with van der Waals surface area (Å²) in [7, 11) is -0.537. The summed E-state index contributed by atoms with van der Waals surface area (Å²) < 4.78 is 45.1. The van der Waals surface area contributed by atoms with Crippen LogP contribution in [0, 0.1) is 40.0 Å². The van der Waals surface area contributed by atoms with Crippen LogP contribution in [0.3, 0.4) is 0 Å². The van der Waals surface area contributed by atoms with Crippen molar-refractivity contribution in [3.05, 3.63) is 22.8 Å². The lowest BCUT2D eigenvalue weighted by atomic mass is 9.98. The van der Waals surface area contributed by atoms with Crippen LogP contribution in [-0.2, 0) is 19.1 Å². The zero-order valence-electron chi connectivity index (χ0n) is 24.8. The molecule has 2 fully saturated rings. The summed E-state index contributed by atoms with van der Waals surface area (Å²) in [5, 5.41) is 25.2. The first-order chi connectivity index (χ1) is 19.9. The molecule has 0 spiro atoms. The number of thiophene rings is 1. The molecule has 1 aliphatic carbocycles. The molecular weight excluding hydrogens is 601 g/mol. The molecule has 1 saturated carbocycles. The summed E-state index contributed by atoms with van der Waals surface area (Å²) in [5.41, 5.74) is 3.84. The van der Waals surface area contributed by atoms with Gasteiger partial charge >= 0.3 is 12.1 Å². The van der Waals surface area contributed by atoms with Crippen LogP contribution in [-0.4, -0.2) is 78.9 Å². The number of methoxy groups -OCH3 is 1. The van der Waals surface area contributed by atoms with Crippen molar-refractivity contribution in [2.45, 2.75) is 70.8 Å². The van der Waals surface area contributed by atoms with Crippen LogP contribution < -0.4 is 10.6 Å². The van der Waals surface area contributed by atoms with Crippen LogP contribution in [0.25, 0.3) is 10.1 Å². The number of nitriles is 1. The van der Waals surface area contributed by atoms with Gasteiger partial charge in [-0.1, -0.05) is 39.4 Å². The Morgan fingerprint density at radius 2 is 1.93 bits per heavy atom. The van der Waals surface area contributed by atoms with Crippen molar-refractivity contribution < 1.29 is 32.3 Å². The van der Waals surface area contributed by atoms with E-state index in [0.717, 1.165) is 4.70 Å². The number of ether oxygens (including phenoxy) is 1. The Morgan fingerprint density at radius 1 is 1.26 bits per heavy atom. The quantitative estimate of drug-likeness (QED) is 0.353. The third kappa shape index (κ3) is 6.39. The van der Waals surface area contributed by atoms with Crippen molar-refractivity contribution in [1.29, 1.82) is 5.26 Å². The van der Waals surface area contributed by atoms with Crippen molar-refractivity contribution in [2.24, 2.45) is 17.3 Å². The SMILES string of the molecule is CO[C@H](C)[C@H](NC(=O)C(F)(F)F)C(=O)N1C[C@H]2[C@@H]([C@H]1C(=O)NC(C#N)c1nncc3scc(C#C[Si](C)(C)C)c13)C2(C)C. The second-order valence-corrected chi connectivity index (χ2v) is 18.1. The number of fused-ring (bicyclic) bond motifs is 2. The van der Waals surface area contributed by atoms with E-state index in [2.05, 4.69) is 52.7 Å². The number of nitrogens with one attached hydrogen (secondary N) is 2. The van der Waals surface area contributed by atoms with Gasteiger partial charge in [0.05, 0.1) is 23.1 Å². The van der Waals surface area contributed by atoms with Gasteiger partial charge in [-0.05, 0) is 24.2 Å². The number of hydrogen-bond donors (Lipinski definition) is 2. The number of piperidine rings is 1. The van der Waals surface area contributed by atoms with Gasteiger partial charge in [-0.3, -0.25) is 14.4 Å². The first-order valence-corrected chi connectivity index (χ1v) is 18.0. The molecule has 230 valence electrons. The molecule has 1 aliphatic heterocycles. The number of amides is 3. The van der Waals surface area contributed by atoms with E-state index in [0.29, 0.717) is 10.9 Å². The van der Waals surface area contributed by atoms with Crippen molar-refractivity contribution in [3.63, 3.8) is 0 Å². The molecule has 0 bridgehead atoms. The number of likely N-dealkylation sites (tertiary alicyclic amines) is 1. The summed E-state index contributed by atoms with van der Waals surface area (Å²) in [6.45, 7) is 11.6. The van der Waals surface area contributed by atoms with E-state index in [-0.39, 0.29) is 29.5 Å². The number of halogens is 3. The Bertz CT molecular complexity index is 1550. The van der Waals surface area contributed by atoms with Gasteiger partial charge < -0.3 is 20.3 Å². The van der Waals surface area contributed by atoms with E-state index in [4.69, 9.17) is 4.74 Å². The highest BCUT2D eigenvalue weighted by atomic mass is 32.1. The molecule has 0 radical (unpaired) electrons. The summed E-state index contributed by atoms with van der Waals surface area (Å²) in [6, 6.07) is -1.98. The Labute approximate surface area is 252 Å². The maximum absolute atomic E-state index is 13.9. The van der Waals surface area contributed by atoms with Crippen molar-refractivity contribution in [3.8, 4) is 17.5 Å². The number of carbonyl (C=O) groups excluding carboxylic acids is 3. The predicted octanol–water partition coefficient (Wildman–Crippen LogP) is 3.17. The fourth-order valence-electron chi connectivity index (χ4n) is 5.59. The second kappa shape index (κ2) is 11.5. The Kier molecular flexibility index (Phi) is 8.67. The Balaban J connectivity index is 1.66. The first kappa shape index (κ1) is 32.4. The number of alkyl halides is 3. The molecule has 1 unspecified atom stereocenters. The smallest absolute Gasteiger partial charge is 0.379 e. The molecule has 1 saturated heterocycles. The molecule has 15 heteroatoms. The van der Waals surface area contributed by atoms with E-state index in [9.17, 15) is 32.8 Å². The van der Waals surface area contributed by atoms with Crippen LogP contribution >= 0.6 is 11.3 Å². The maximum atomic E-state index is 13.9. The summed E-state index contributed by atoms with van der Waals surface area (Å²) in [5.74, 6) is -1.06. The van der Waals surface area contributed by atoms with Gasteiger partial charge in [-0.15, -0.1) is 16.9 Å². The minimum atomic E-state index is -5.22. The highest BCUT2D eigenvalue weighted by Gasteiger charge is 2.69. The first-order valence-electron chi connectivity index (χ1n) is 13.6. The topological polar surface area (TPSA) is 137 Å². The van der Waals surface area contributed by atoms with Gasteiger partial charge in [0.2, 0.25) is 11.8 Å². The third-order valence-corrected chi connectivity index (χ3v) is 9.88. The normalized spacial score (nSPS) is 22.8. The van der Waals surface area contributed by atoms with Crippen molar-refractivity contribution >= 4 is 47.2 Å². The van der Waals surface area contributed by atoms with Gasteiger partial charge in [-0.25, -0.2) is 0 Å². The fourth-order valence-corrected chi connectivity index (χ4v) is 6.97. The van der Waals surface area contributed by atoms with Gasteiger partial charge in [0.1, 0.15) is 25.9 Å². The molecule has 2 N–H and O–H groups in total. The molecule has 3 amide bonds. The van der Waals surface area contributed by atoms with Crippen molar-refractivity contribution in [2.75, 3.05) is 13.7 Å². The number of carbonyl (C=O) groups is 3. The highest BCUT2D eigenvalue weighted by Crippen LogP contribution is 2.65. The van der Waals surface area contributed by atoms with E-state index < -0.39 is 56.2 Å².